The van der Waals surface area contributed by atoms with Crippen molar-refractivity contribution in [2.24, 2.45) is 5.92 Å². The summed E-state index contributed by atoms with van der Waals surface area (Å²) in [5, 5.41) is 13.1. The first-order valence-electron chi connectivity index (χ1n) is 6.78. The fourth-order valence-corrected chi connectivity index (χ4v) is 2.42. The van der Waals surface area contributed by atoms with E-state index >= 15 is 0 Å². The van der Waals surface area contributed by atoms with Gasteiger partial charge < -0.3 is 10.4 Å². The van der Waals surface area contributed by atoms with Crippen LogP contribution in [0.15, 0.2) is 0 Å². The molecule has 3 atom stereocenters. The molecular formula is C13H28N2O. The van der Waals surface area contributed by atoms with E-state index in [0.29, 0.717) is 6.04 Å². The molecule has 0 aromatic heterocycles. The molecule has 0 bridgehead atoms. The first kappa shape index (κ1) is 13.9. The van der Waals surface area contributed by atoms with Crippen molar-refractivity contribution in [2.45, 2.75) is 52.2 Å². The van der Waals surface area contributed by atoms with Gasteiger partial charge in [-0.3, -0.25) is 4.90 Å². The lowest BCUT2D eigenvalue weighted by atomic mass is 9.96. The molecule has 0 spiro atoms. The second-order valence-corrected chi connectivity index (χ2v) is 5.19. The maximum absolute atomic E-state index is 9.62. The van der Waals surface area contributed by atoms with E-state index in [2.05, 4.69) is 24.1 Å². The molecule has 2 N–H and O–H groups in total. The first-order valence-corrected chi connectivity index (χ1v) is 6.78. The molecule has 3 unspecified atom stereocenters. The van der Waals surface area contributed by atoms with Gasteiger partial charge in [0.2, 0.25) is 0 Å². The summed E-state index contributed by atoms with van der Waals surface area (Å²) in [6, 6.07) is 0.300. The van der Waals surface area contributed by atoms with Crippen molar-refractivity contribution in [3.8, 4) is 0 Å². The minimum atomic E-state index is -0.220. The van der Waals surface area contributed by atoms with Gasteiger partial charge in [0.05, 0.1) is 6.10 Å². The molecule has 1 rings (SSSR count). The Morgan fingerprint density at radius 1 is 1.44 bits per heavy atom. The van der Waals surface area contributed by atoms with E-state index < -0.39 is 0 Å². The van der Waals surface area contributed by atoms with E-state index in [1.54, 1.807) is 0 Å². The molecule has 0 aromatic carbocycles. The van der Waals surface area contributed by atoms with Gasteiger partial charge in [-0.05, 0) is 58.7 Å². The van der Waals surface area contributed by atoms with Crippen LogP contribution in [0.4, 0.5) is 0 Å². The highest BCUT2D eigenvalue weighted by molar-refractivity contribution is 4.80. The number of aliphatic hydroxyl groups is 1. The number of hydrogen-bond donors (Lipinski definition) is 2. The molecule has 0 saturated carbocycles. The maximum atomic E-state index is 9.62. The van der Waals surface area contributed by atoms with Crippen LogP contribution >= 0.6 is 0 Å². The molecule has 1 saturated heterocycles. The van der Waals surface area contributed by atoms with E-state index in [0.717, 1.165) is 32.1 Å². The van der Waals surface area contributed by atoms with Gasteiger partial charge >= 0.3 is 0 Å². The van der Waals surface area contributed by atoms with Gasteiger partial charge in [-0.2, -0.15) is 0 Å². The third kappa shape index (κ3) is 4.40. The standard InChI is InChI=1S/C13H28N2O/c1-4-7-14-9-13-6-5-8-15(10-13)11(2)12(3)16/h11-14,16H,4-10H2,1-3H3. The minimum absolute atomic E-state index is 0.220. The molecular weight excluding hydrogens is 200 g/mol. The van der Waals surface area contributed by atoms with Gasteiger partial charge in [0, 0.05) is 12.6 Å². The normalized spacial score (nSPS) is 26.6. The van der Waals surface area contributed by atoms with Crippen LogP contribution in [0.1, 0.15) is 40.0 Å². The Morgan fingerprint density at radius 2 is 2.19 bits per heavy atom. The Morgan fingerprint density at radius 3 is 2.81 bits per heavy atom. The summed E-state index contributed by atoms with van der Waals surface area (Å²) in [6.07, 6.45) is 3.60. The van der Waals surface area contributed by atoms with Crippen molar-refractivity contribution < 1.29 is 5.11 Å². The van der Waals surface area contributed by atoms with Crippen LogP contribution in [0.5, 0.6) is 0 Å². The van der Waals surface area contributed by atoms with Crippen LogP contribution in [0, 0.1) is 5.92 Å². The molecule has 16 heavy (non-hydrogen) atoms. The van der Waals surface area contributed by atoms with E-state index in [1.807, 2.05) is 6.92 Å². The highest BCUT2D eigenvalue weighted by atomic mass is 16.3. The van der Waals surface area contributed by atoms with Crippen LogP contribution in [0.2, 0.25) is 0 Å². The Bertz CT molecular complexity index is 185. The van der Waals surface area contributed by atoms with Crippen LogP contribution in [0.3, 0.4) is 0 Å². The zero-order valence-electron chi connectivity index (χ0n) is 11.1. The third-order valence-electron chi connectivity index (χ3n) is 3.68. The van der Waals surface area contributed by atoms with Gasteiger partial charge in [0.1, 0.15) is 0 Å². The molecule has 1 aliphatic rings. The summed E-state index contributed by atoms with van der Waals surface area (Å²) < 4.78 is 0. The molecule has 0 amide bonds. The largest absolute Gasteiger partial charge is 0.392 e. The molecule has 0 aromatic rings. The van der Waals surface area contributed by atoms with Crippen LogP contribution < -0.4 is 5.32 Å². The fraction of sp³-hybridized carbons (Fsp3) is 1.00. The second kappa shape index (κ2) is 7.25. The molecule has 1 fully saturated rings. The summed E-state index contributed by atoms with van der Waals surface area (Å²) in [7, 11) is 0. The van der Waals surface area contributed by atoms with Crippen molar-refractivity contribution in [3.05, 3.63) is 0 Å². The second-order valence-electron chi connectivity index (χ2n) is 5.19. The van der Waals surface area contributed by atoms with Crippen molar-refractivity contribution in [3.63, 3.8) is 0 Å². The van der Waals surface area contributed by atoms with Gasteiger partial charge in [0.25, 0.3) is 0 Å². The topological polar surface area (TPSA) is 35.5 Å². The average molecular weight is 228 g/mol. The Labute approximate surface area is 100 Å². The molecule has 96 valence electrons. The molecule has 0 aliphatic carbocycles. The van der Waals surface area contributed by atoms with Crippen molar-refractivity contribution in [1.82, 2.24) is 10.2 Å². The van der Waals surface area contributed by atoms with Crippen LogP contribution in [-0.4, -0.2) is 48.3 Å². The summed E-state index contributed by atoms with van der Waals surface area (Å²) in [4.78, 5) is 2.44. The summed E-state index contributed by atoms with van der Waals surface area (Å²) in [6.45, 7) is 10.8. The van der Waals surface area contributed by atoms with E-state index in [4.69, 9.17) is 0 Å². The van der Waals surface area contributed by atoms with E-state index in [9.17, 15) is 5.11 Å². The number of nitrogens with zero attached hydrogens (tertiary/aromatic N) is 1. The Hall–Kier alpha value is -0.120. The van der Waals surface area contributed by atoms with Crippen LogP contribution in [-0.2, 0) is 0 Å². The smallest absolute Gasteiger partial charge is 0.0664 e. The number of nitrogens with one attached hydrogen (secondary N) is 1. The highest BCUT2D eigenvalue weighted by Gasteiger charge is 2.25. The SMILES string of the molecule is CCCNCC1CCCN(C(C)C(C)O)C1. The summed E-state index contributed by atoms with van der Waals surface area (Å²) >= 11 is 0. The predicted molar refractivity (Wildman–Crippen MR) is 68.6 cm³/mol. The van der Waals surface area contributed by atoms with Crippen molar-refractivity contribution >= 4 is 0 Å². The van der Waals surface area contributed by atoms with Gasteiger partial charge in [-0.25, -0.2) is 0 Å². The lowest BCUT2D eigenvalue weighted by molar-refractivity contribution is 0.0433. The van der Waals surface area contributed by atoms with Crippen molar-refractivity contribution in [1.29, 1.82) is 0 Å². The maximum Gasteiger partial charge on any atom is 0.0664 e. The lowest BCUT2D eigenvalue weighted by Crippen LogP contribution is -2.47. The number of piperidine rings is 1. The number of likely N-dealkylation sites (tertiary alicyclic amines) is 1. The predicted octanol–water partition coefficient (Wildman–Crippen LogP) is 1.47. The molecule has 3 nitrogen and oxygen atoms in total. The number of rotatable bonds is 6. The molecule has 0 radical (unpaired) electrons. The molecule has 3 heteroatoms. The monoisotopic (exact) mass is 228 g/mol. The van der Waals surface area contributed by atoms with Crippen molar-refractivity contribution in [2.75, 3.05) is 26.2 Å². The van der Waals surface area contributed by atoms with E-state index in [1.165, 1.54) is 19.3 Å². The Balaban J connectivity index is 2.29. The Kier molecular flexibility index (Phi) is 6.32. The molecule has 1 heterocycles. The number of aliphatic hydroxyl groups excluding tert-OH is 1. The zero-order chi connectivity index (χ0) is 12.0. The zero-order valence-corrected chi connectivity index (χ0v) is 11.1. The summed E-state index contributed by atoms with van der Waals surface area (Å²) in [5.41, 5.74) is 0. The number of hydrogen-bond acceptors (Lipinski definition) is 3. The summed E-state index contributed by atoms with van der Waals surface area (Å²) in [5.74, 6) is 0.765. The lowest BCUT2D eigenvalue weighted by Gasteiger charge is -2.38. The quantitative estimate of drug-likeness (QED) is 0.676. The van der Waals surface area contributed by atoms with Gasteiger partial charge in [-0.1, -0.05) is 6.92 Å². The van der Waals surface area contributed by atoms with Gasteiger partial charge in [-0.15, -0.1) is 0 Å². The average Bonchev–Trinajstić information content (AvgIpc) is 2.29. The first-order chi connectivity index (χ1) is 7.65. The third-order valence-corrected chi connectivity index (χ3v) is 3.68. The van der Waals surface area contributed by atoms with E-state index in [-0.39, 0.29) is 6.10 Å². The minimum Gasteiger partial charge on any atom is -0.392 e. The highest BCUT2D eigenvalue weighted by Crippen LogP contribution is 2.19. The fourth-order valence-electron chi connectivity index (χ4n) is 2.42. The molecule has 1 aliphatic heterocycles. The van der Waals surface area contributed by atoms with Crippen LogP contribution in [0.25, 0.3) is 0 Å². The van der Waals surface area contributed by atoms with Gasteiger partial charge in [0.15, 0.2) is 0 Å².